The average molecular weight is 380 g/mol. The fourth-order valence-electron chi connectivity index (χ4n) is 3.40. The zero-order valence-corrected chi connectivity index (χ0v) is 14.4. The highest BCUT2D eigenvalue weighted by molar-refractivity contribution is 14.1. The molecule has 1 heterocycles. The first kappa shape index (κ1) is 14.1. The Kier molecular flexibility index (Phi) is 3.45. The molecule has 0 radical (unpaired) electrons. The normalized spacial score (nSPS) is 20.8. The van der Waals surface area contributed by atoms with Crippen LogP contribution in [0.25, 0.3) is 5.69 Å². The number of halogens is 1. The Hall–Kier alpha value is -0.810. The Morgan fingerprint density at radius 1 is 1.25 bits per heavy atom. The van der Waals surface area contributed by atoms with Crippen LogP contribution in [0.15, 0.2) is 30.3 Å². The number of benzene rings is 1. The smallest absolute Gasteiger partial charge is 0.0455 e. The first-order chi connectivity index (χ1) is 9.37. The van der Waals surface area contributed by atoms with E-state index >= 15 is 0 Å². The lowest BCUT2D eigenvalue weighted by atomic mass is 9.74. The molecule has 2 nitrogen and oxygen atoms in total. The van der Waals surface area contributed by atoms with Crippen LogP contribution in [0.3, 0.4) is 0 Å². The van der Waals surface area contributed by atoms with Gasteiger partial charge in [0.05, 0.1) is 0 Å². The summed E-state index contributed by atoms with van der Waals surface area (Å²) in [4.78, 5) is 0. The van der Waals surface area contributed by atoms with E-state index in [0.29, 0.717) is 0 Å². The van der Waals surface area contributed by atoms with Gasteiger partial charge < -0.3 is 10.3 Å². The zero-order valence-electron chi connectivity index (χ0n) is 12.3. The largest absolute Gasteiger partial charge is 0.324 e. The van der Waals surface area contributed by atoms with Gasteiger partial charge in [-0.3, -0.25) is 0 Å². The van der Waals surface area contributed by atoms with Gasteiger partial charge >= 0.3 is 0 Å². The van der Waals surface area contributed by atoms with Gasteiger partial charge in [-0.05, 0) is 83.7 Å². The minimum absolute atomic E-state index is 0.164. The Labute approximate surface area is 134 Å². The summed E-state index contributed by atoms with van der Waals surface area (Å²) in [7, 11) is 0. The first-order valence-corrected chi connectivity index (χ1v) is 8.18. The van der Waals surface area contributed by atoms with Gasteiger partial charge in [-0.15, -0.1) is 0 Å². The van der Waals surface area contributed by atoms with Crippen LogP contribution in [0.4, 0.5) is 0 Å². The summed E-state index contributed by atoms with van der Waals surface area (Å²) < 4.78 is 3.65. The summed E-state index contributed by atoms with van der Waals surface area (Å²) in [5, 5.41) is 0. The molecular formula is C17H21IN2. The molecule has 20 heavy (non-hydrogen) atoms. The monoisotopic (exact) mass is 380 g/mol. The van der Waals surface area contributed by atoms with Crippen LogP contribution in [0.1, 0.15) is 43.3 Å². The maximum atomic E-state index is 6.39. The quantitative estimate of drug-likeness (QED) is 0.733. The Morgan fingerprint density at radius 2 is 1.90 bits per heavy atom. The van der Waals surface area contributed by atoms with Gasteiger partial charge in [-0.2, -0.15) is 0 Å². The number of aromatic nitrogens is 1. The van der Waals surface area contributed by atoms with Crippen molar-refractivity contribution in [2.24, 2.45) is 11.1 Å². The fourth-order valence-corrected chi connectivity index (χ4v) is 3.76. The lowest BCUT2D eigenvalue weighted by Crippen LogP contribution is -2.30. The molecule has 1 atom stereocenters. The maximum Gasteiger partial charge on any atom is 0.0455 e. The average Bonchev–Trinajstić information content (AvgIpc) is 2.66. The highest BCUT2D eigenvalue weighted by atomic mass is 127. The van der Waals surface area contributed by atoms with E-state index in [9.17, 15) is 0 Å². The number of nitrogens with two attached hydrogens (primary N) is 1. The SMILES string of the molecule is Cc1cc2c(n1-c1ccc(I)cc1)CC(C)(C)CC2N. The van der Waals surface area contributed by atoms with Crippen molar-refractivity contribution >= 4 is 22.6 Å². The van der Waals surface area contributed by atoms with Crippen molar-refractivity contribution in [3.63, 3.8) is 0 Å². The summed E-state index contributed by atoms with van der Waals surface area (Å²) in [5.74, 6) is 0. The van der Waals surface area contributed by atoms with E-state index in [-0.39, 0.29) is 11.5 Å². The molecule has 2 aromatic rings. The minimum atomic E-state index is 0.164. The predicted octanol–water partition coefficient (Wildman–Crippen LogP) is 4.36. The first-order valence-electron chi connectivity index (χ1n) is 7.10. The highest BCUT2D eigenvalue weighted by Crippen LogP contribution is 2.41. The van der Waals surface area contributed by atoms with E-state index in [1.807, 2.05) is 0 Å². The molecule has 1 aliphatic carbocycles. The molecule has 106 valence electrons. The van der Waals surface area contributed by atoms with E-state index in [1.54, 1.807) is 0 Å². The van der Waals surface area contributed by atoms with Crippen molar-refractivity contribution in [2.75, 3.05) is 0 Å². The second kappa shape index (κ2) is 4.88. The molecule has 0 saturated heterocycles. The zero-order chi connectivity index (χ0) is 14.5. The molecule has 1 aromatic carbocycles. The number of hydrogen-bond acceptors (Lipinski definition) is 1. The number of rotatable bonds is 1. The predicted molar refractivity (Wildman–Crippen MR) is 92.3 cm³/mol. The molecule has 0 saturated carbocycles. The fraction of sp³-hybridized carbons (Fsp3) is 0.412. The molecule has 1 aliphatic rings. The van der Waals surface area contributed by atoms with Crippen molar-refractivity contribution in [2.45, 2.75) is 39.7 Å². The molecule has 0 fully saturated rings. The number of nitrogens with zero attached hydrogens (tertiary/aromatic N) is 1. The molecule has 1 unspecified atom stereocenters. The Bertz CT molecular complexity index is 638. The van der Waals surface area contributed by atoms with Crippen LogP contribution in [0.2, 0.25) is 0 Å². The van der Waals surface area contributed by atoms with Gasteiger partial charge in [0.1, 0.15) is 0 Å². The van der Waals surface area contributed by atoms with Crippen molar-refractivity contribution < 1.29 is 0 Å². The van der Waals surface area contributed by atoms with E-state index in [1.165, 1.54) is 26.2 Å². The summed E-state index contributed by atoms with van der Waals surface area (Å²) >= 11 is 2.35. The molecule has 0 aliphatic heterocycles. The third-order valence-corrected chi connectivity index (χ3v) is 4.94. The van der Waals surface area contributed by atoms with Crippen molar-refractivity contribution in [3.8, 4) is 5.69 Å². The molecule has 3 rings (SSSR count). The Balaban J connectivity index is 2.16. The van der Waals surface area contributed by atoms with Crippen molar-refractivity contribution in [3.05, 3.63) is 50.9 Å². The highest BCUT2D eigenvalue weighted by Gasteiger charge is 2.33. The summed E-state index contributed by atoms with van der Waals surface area (Å²) in [5.41, 5.74) is 11.9. The summed E-state index contributed by atoms with van der Waals surface area (Å²) in [6.07, 6.45) is 2.16. The van der Waals surface area contributed by atoms with Gasteiger partial charge in [0.25, 0.3) is 0 Å². The second-order valence-corrected chi connectivity index (χ2v) is 7.90. The van der Waals surface area contributed by atoms with Gasteiger partial charge in [-0.1, -0.05) is 13.8 Å². The summed E-state index contributed by atoms with van der Waals surface area (Å²) in [6, 6.07) is 11.2. The van der Waals surface area contributed by atoms with E-state index in [4.69, 9.17) is 5.73 Å². The second-order valence-electron chi connectivity index (χ2n) is 6.65. The molecular weight excluding hydrogens is 359 g/mol. The lowest BCUT2D eigenvalue weighted by Gasteiger charge is -2.34. The molecule has 0 bridgehead atoms. The van der Waals surface area contributed by atoms with Gasteiger partial charge in [0.15, 0.2) is 0 Å². The minimum Gasteiger partial charge on any atom is -0.324 e. The molecule has 2 N–H and O–H groups in total. The van der Waals surface area contributed by atoms with Crippen molar-refractivity contribution in [1.29, 1.82) is 0 Å². The number of aryl methyl sites for hydroxylation is 1. The van der Waals surface area contributed by atoms with Crippen LogP contribution < -0.4 is 5.73 Å². The van der Waals surface area contributed by atoms with Crippen LogP contribution in [0, 0.1) is 15.9 Å². The molecule has 3 heteroatoms. The third-order valence-electron chi connectivity index (χ3n) is 4.22. The van der Waals surface area contributed by atoms with Gasteiger partial charge in [0, 0.05) is 26.7 Å². The van der Waals surface area contributed by atoms with Crippen LogP contribution in [-0.2, 0) is 6.42 Å². The van der Waals surface area contributed by atoms with E-state index in [2.05, 4.69) is 78.3 Å². The van der Waals surface area contributed by atoms with E-state index in [0.717, 1.165) is 12.8 Å². The van der Waals surface area contributed by atoms with Crippen LogP contribution in [0.5, 0.6) is 0 Å². The number of fused-ring (bicyclic) bond motifs is 1. The lowest BCUT2D eigenvalue weighted by molar-refractivity contribution is 0.278. The van der Waals surface area contributed by atoms with Gasteiger partial charge in [-0.25, -0.2) is 0 Å². The number of hydrogen-bond donors (Lipinski definition) is 1. The topological polar surface area (TPSA) is 30.9 Å². The van der Waals surface area contributed by atoms with Crippen LogP contribution in [-0.4, -0.2) is 4.57 Å². The van der Waals surface area contributed by atoms with Crippen molar-refractivity contribution in [1.82, 2.24) is 4.57 Å². The van der Waals surface area contributed by atoms with Crippen LogP contribution >= 0.6 is 22.6 Å². The molecule has 0 amide bonds. The van der Waals surface area contributed by atoms with E-state index < -0.39 is 0 Å². The standard InChI is InChI=1S/C17H21IN2/c1-11-8-14-15(19)9-17(2,3)10-16(14)20(11)13-6-4-12(18)5-7-13/h4-8,15H,9-10,19H2,1-3H3. The molecule has 0 spiro atoms. The summed E-state index contributed by atoms with van der Waals surface area (Å²) in [6.45, 7) is 6.81. The third kappa shape index (κ3) is 2.42. The molecule has 1 aromatic heterocycles. The maximum absolute atomic E-state index is 6.39. The Morgan fingerprint density at radius 3 is 2.55 bits per heavy atom. The van der Waals surface area contributed by atoms with Gasteiger partial charge in [0.2, 0.25) is 0 Å².